The largest absolute Gasteiger partial charge is 0.496 e. The maximum atomic E-state index is 13.0. The smallest absolute Gasteiger partial charge is 0.261 e. The molecule has 0 saturated heterocycles. The van der Waals surface area contributed by atoms with E-state index in [2.05, 4.69) is 4.72 Å². The summed E-state index contributed by atoms with van der Waals surface area (Å²) in [5.41, 5.74) is 3.69. The van der Waals surface area contributed by atoms with Crippen LogP contribution >= 0.6 is 0 Å². The molecule has 0 aliphatic heterocycles. The molecular weight excluding hydrogens is 424 g/mol. The fourth-order valence-electron chi connectivity index (χ4n) is 3.38. The van der Waals surface area contributed by atoms with Crippen LogP contribution in [0.2, 0.25) is 0 Å². The summed E-state index contributed by atoms with van der Waals surface area (Å²) >= 11 is 0. The molecule has 6 nitrogen and oxygen atoms in total. The second-order valence-corrected chi connectivity index (χ2v) is 9.45. The van der Waals surface area contributed by atoms with Crippen molar-refractivity contribution in [3.63, 3.8) is 0 Å². The Morgan fingerprint density at radius 3 is 2.25 bits per heavy atom. The van der Waals surface area contributed by atoms with E-state index < -0.39 is 10.0 Å². The zero-order chi connectivity index (χ0) is 23.5. The van der Waals surface area contributed by atoms with Gasteiger partial charge in [-0.05, 0) is 74.4 Å². The first-order valence-electron chi connectivity index (χ1n) is 10.2. The molecule has 0 aliphatic carbocycles. The topological polar surface area (TPSA) is 75.7 Å². The number of hydrogen-bond acceptors (Lipinski definition) is 4. The van der Waals surface area contributed by atoms with E-state index in [9.17, 15) is 13.2 Å². The molecule has 0 radical (unpaired) electrons. The van der Waals surface area contributed by atoms with Crippen molar-refractivity contribution >= 4 is 21.6 Å². The van der Waals surface area contributed by atoms with E-state index >= 15 is 0 Å². The minimum Gasteiger partial charge on any atom is -0.496 e. The van der Waals surface area contributed by atoms with E-state index in [0.29, 0.717) is 11.3 Å². The number of amides is 1. The summed E-state index contributed by atoms with van der Waals surface area (Å²) in [6, 6.07) is 18.8. The molecule has 7 heteroatoms. The highest BCUT2D eigenvalue weighted by Crippen LogP contribution is 2.29. The van der Waals surface area contributed by atoms with Crippen LogP contribution in [0.5, 0.6) is 5.75 Å². The van der Waals surface area contributed by atoms with Crippen molar-refractivity contribution in [2.75, 3.05) is 18.9 Å². The molecule has 3 aromatic carbocycles. The SMILES string of the molecule is COc1ccccc1C(C)N(C)C(=O)c1ccc(NS(=O)(=O)c2ccc(C)c(C)c2)cc1. The van der Waals surface area contributed by atoms with Crippen LogP contribution < -0.4 is 9.46 Å². The molecule has 32 heavy (non-hydrogen) atoms. The number of nitrogens with zero attached hydrogens (tertiary/aromatic N) is 1. The Labute approximate surface area is 189 Å². The number of nitrogens with one attached hydrogen (secondary N) is 1. The van der Waals surface area contributed by atoms with Gasteiger partial charge >= 0.3 is 0 Å². The van der Waals surface area contributed by atoms with E-state index in [4.69, 9.17) is 4.74 Å². The van der Waals surface area contributed by atoms with Gasteiger partial charge in [0.25, 0.3) is 15.9 Å². The van der Waals surface area contributed by atoms with E-state index in [1.54, 1.807) is 61.5 Å². The molecule has 0 heterocycles. The van der Waals surface area contributed by atoms with Crippen LogP contribution in [-0.2, 0) is 10.0 Å². The van der Waals surface area contributed by atoms with Gasteiger partial charge in [-0.25, -0.2) is 8.42 Å². The van der Waals surface area contributed by atoms with Crippen molar-refractivity contribution in [3.8, 4) is 5.75 Å². The van der Waals surface area contributed by atoms with Gasteiger partial charge in [0.05, 0.1) is 18.0 Å². The van der Waals surface area contributed by atoms with Crippen LogP contribution in [0.25, 0.3) is 0 Å². The van der Waals surface area contributed by atoms with E-state index in [1.807, 2.05) is 45.0 Å². The Balaban J connectivity index is 1.76. The number of aryl methyl sites for hydroxylation is 2. The van der Waals surface area contributed by atoms with E-state index in [0.717, 1.165) is 22.4 Å². The fourth-order valence-corrected chi connectivity index (χ4v) is 4.52. The minimum atomic E-state index is -3.72. The zero-order valence-electron chi connectivity index (χ0n) is 18.9. The van der Waals surface area contributed by atoms with Gasteiger partial charge in [-0.2, -0.15) is 0 Å². The lowest BCUT2D eigenvalue weighted by Gasteiger charge is -2.26. The van der Waals surface area contributed by atoms with E-state index in [-0.39, 0.29) is 16.8 Å². The number of hydrogen-bond donors (Lipinski definition) is 1. The molecule has 1 N–H and O–H groups in total. The van der Waals surface area contributed by atoms with Gasteiger partial charge in [0.2, 0.25) is 0 Å². The standard InChI is InChI=1S/C25H28N2O4S/c1-17-10-15-22(16-18(17)2)32(29,30)26-21-13-11-20(12-14-21)25(28)27(4)19(3)23-8-6-7-9-24(23)31-5/h6-16,19,26H,1-5H3. The van der Waals surface area contributed by atoms with Gasteiger partial charge in [-0.15, -0.1) is 0 Å². The Morgan fingerprint density at radius 1 is 0.969 bits per heavy atom. The number of anilines is 1. The predicted octanol–water partition coefficient (Wildman–Crippen LogP) is 4.95. The molecule has 0 bridgehead atoms. The van der Waals surface area contributed by atoms with Crippen LogP contribution in [0, 0.1) is 13.8 Å². The normalized spacial score (nSPS) is 12.2. The van der Waals surface area contributed by atoms with Gasteiger partial charge in [0.1, 0.15) is 5.75 Å². The predicted molar refractivity (Wildman–Crippen MR) is 127 cm³/mol. The van der Waals surface area contributed by atoms with Crippen LogP contribution in [0.1, 0.15) is 40.0 Å². The highest BCUT2D eigenvalue weighted by molar-refractivity contribution is 7.92. The maximum absolute atomic E-state index is 13.0. The van der Waals surface area contributed by atoms with Gasteiger partial charge in [0, 0.05) is 23.9 Å². The number of sulfonamides is 1. The Hall–Kier alpha value is -3.32. The molecule has 0 aromatic heterocycles. The number of benzene rings is 3. The summed E-state index contributed by atoms with van der Waals surface area (Å²) in [6.45, 7) is 5.74. The van der Waals surface area contributed by atoms with Crippen molar-refractivity contribution in [1.82, 2.24) is 4.90 Å². The maximum Gasteiger partial charge on any atom is 0.261 e. The van der Waals surface area contributed by atoms with Crippen LogP contribution in [0.4, 0.5) is 5.69 Å². The second-order valence-electron chi connectivity index (χ2n) is 7.76. The molecule has 3 rings (SSSR count). The van der Waals surface area contributed by atoms with Gasteiger partial charge < -0.3 is 9.64 Å². The first-order valence-corrected chi connectivity index (χ1v) is 11.7. The lowest BCUT2D eigenvalue weighted by Crippen LogP contribution is -2.29. The highest BCUT2D eigenvalue weighted by Gasteiger charge is 2.22. The van der Waals surface area contributed by atoms with Crippen molar-refractivity contribution in [2.45, 2.75) is 31.7 Å². The zero-order valence-corrected chi connectivity index (χ0v) is 19.7. The molecule has 0 spiro atoms. The molecule has 1 atom stereocenters. The monoisotopic (exact) mass is 452 g/mol. The van der Waals surface area contributed by atoms with Gasteiger partial charge in [-0.3, -0.25) is 9.52 Å². The van der Waals surface area contributed by atoms with Crippen molar-refractivity contribution in [2.24, 2.45) is 0 Å². The Kier molecular flexibility index (Phi) is 6.89. The summed E-state index contributed by atoms with van der Waals surface area (Å²) in [7, 11) is -0.384. The molecule has 168 valence electrons. The lowest BCUT2D eigenvalue weighted by atomic mass is 10.0. The lowest BCUT2D eigenvalue weighted by molar-refractivity contribution is 0.0741. The number of methoxy groups -OCH3 is 1. The Morgan fingerprint density at radius 2 is 1.62 bits per heavy atom. The van der Waals surface area contributed by atoms with Crippen LogP contribution in [-0.4, -0.2) is 33.4 Å². The average molecular weight is 453 g/mol. The fraction of sp³-hybridized carbons (Fsp3) is 0.240. The number of para-hydroxylation sites is 1. The Bertz CT molecular complexity index is 1220. The molecular formula is C25H28N2O4S. The third kappa shape index (κ3) is 4.94. The summed E-state index contributed by atoms with van der Waals surface area (Å²) in [5, 5.41) is 0. The van der Waals surface area contributed by atoms with Crippen LogP contribution in [0.15, 0.2) is 71.6 Å². The van der Waals surface area contributed by atoms with Crippen molar-refractivity contribution in [1.29, 1.82) is 0 Å². The van der Waals surface area contributed by atoms with Crippen LogP contribution in [0.3, 0.4) is 0 Å². The molecule has 0 fully saturated rings. The molecule has 0 saturated carbocycles. The first kappa shape index (κ1) is 23.3. The first-order chi connectivity index (χ1) is 15.1. The van der Waals surface area contributed by atoms with Crippen molar-refractivity contribution in [3.05, 3.63) is 89.0 Å². The number of rotatable bonds is 7. The van der Waals surface area contributed by atoms with E-state index in [1.165, 1.54) is 0 Å². The molecule has 1 amide bonds. The number of carbonyl (C=O) groups is 1. The third-order valence-corrected chi connectivity index (χ3v) is 7.04. The quantitative estimate of drug-likeness (QED) is 0.551. The molecule has 3 aromatic rings. The second kappa shape index (κ2) is 9.44. The van der Waals surface area contributed by atoms with Gasteiger partial charge in [-0.1, -0.05) is 24.3 Å². The summed E-state index contributed by atoms with van der Waals surface area (Å²) in [6.07, 6.45) is 0. The highest BCUT2D eigenvalue weighted by atomic mass is 32.2. The summed E-state index contributed by atoms with van der Waals surface area (Å²) in [5.74, 6) is 0.544. The average Bonchev–Trinajstić information content (AvgIpc) is 2.79. The molecule has 1 unspecified atom stereocenters. The third-order valence-electron chi connectivity index (χ3n) is 5.66. The number of ether oxygens (including phenoxy) is 1. The van der Waals surface area contributed by atoms with Crippen molar-refractivity contribution < 1.29 is 17.9 Å². The van der Waals surface area contributed by atoms with Gasteiger partial charge in [0.15, 0.2) is 0 Å². The molecule has 0 aliphatic rings. The number of carbonyl (C=O) groups excluding carboxylic acids is 1. The summed E-state index contributed by atoms with van der Waals surface area (Å²) < 4.78 is 33.4. The minimum absolute atomic E-state index is 0.174. The summed E-state index contributed by atoms with van der Waals surface area (Å²) in [4.78, 5) is 14.8.